The van der Waals surface area contributed by atoms with E-state index in [1.807, 2.05) is 31.3 Å². The highest BCUT2D eigenvalue weighted by Crippen LogP contribution is 2.24. The second-order valence-electron chi connectivity index (χ2n) is 6.71. The van der Waals surface area contributed by atoms with Crippen LogP contribution in [-0.2, 0) is 13.1 Å². The number of rotatable bonds is 9. The van der Waals surface area contributed by atoms with Crippen molar-refractivity contribution < 1.29 is 4.74 Å². The van der Waals surface area contributed by atoms with Gasteiger partial charge < -0.3 is 14.6 Å². The molecule has 0 fully saturated rings. The summed E-state index contributed by atoms with van der Waals surface area (Å²) >= 11 is 0. The average Bonchev–Trinajstić information content (AvgIpc) is 3.11. The highest BCUT2D eigenvalue weighted by atomic mass is 16.5. The lowest BCUT2D eigenvalue weighted by molar-refractivity contribution is 0.339. The lowest BCUT2D eigenvalue weighted by Gasteiger charge is -2.18. The van der Waals surface area contributed by atoms with Crippen LogP contribution in [-0.4, -0.2) is 16.2 Å². The third-order valence-corrected chi connectivity index (χ3v) is 4.63. The minimum atomic E-state index is 0.206. The first-order valence-electron chi connectivity index (χ1n) is 9.78. The van der Waals surface area contributed by atoms with Gasteiger partial charge in [-0.3, -0.25) is 0 Å². The molecule has 0 aliphatic rings. The highest BCUT2D eigenvalue weighted by molar-refractivity contribution is 5.56. The molecule has 1 aromatic heterocycles. The molecule has 1 atom stereocenters. The van der Waals surface area contributed by atoms with Crippen molar-refractivity contribution in [2.45, 2.75) is 46.3 Å². The molecule has 0 saturated heterocycles. The summed E-state index contributed by atoms with van der Waals surface area (Å²) < 4.78 is 7.94. The Morgan fingerprint density at radius 2 is 1.89 bits per heavy atom. The van der Waals surface area contributed by atoms with Crippen LogP contribution < -0.4 is 10.1 Å². The first-order valence-corrected chi connectivity index (χ1v) is 9.78. The third-order valence-electron chi connectivity index (χ3n) is 4.63. The fourth-order valence-electron chi connectivity index (χ4n) is 3.30. The SMILES string of the molecule is CCCn1c(C(C)NCc2cccc(OCC)c2)cnc1-c1ccccc1. The van der Waals surface area contributed by atoms with Gasteiger partial charge in [-0.15, -0.1) is 0 Å². The van der Waals surface area contributed by atoms with E-state index in [2.05, 4.69) is 60.1 Å². The number of hydrogen-bond donors (Lipinski definition) is 1. The Kier molecular flexibility index (Phi) is 6.66. The van der Waals surface area contributed by atoms with Crippen molar-refractivity contribution in [1.29, 1.82) is 0 Å². The van der Waals surface area contributed by atoms with Gasteiger partial charge in [-0.1, -0.05) is 49.4 Å². The average molecular weight is 364 g/mol. The van der Waals surface area contributed by atoms with Crippen molar-refractivity contribution in [2.24, 2.45) is 0 Å². The maximum atomic E-state index is 5.60. The summed E-state index contributed by atoms with van der Waals surface area (Å²) in [5.74, 6) is 1.96. The Hall–Kier alpha value is -2.59. The van der Waals surface area contributed by atoms with E-state index in [0.717, 1.165) is 36.6 Å². The van der Waals surface area contributed by atoms with Gasteiger partial charge in [-0.05, 0) is 38.0 Å². The van der Waals surface area contributed by atoms with Crippen LogP contribution in [0.3, 0.4) is 0 Å². The van der Waals surface area contributed by atoms with Gasteiger partial charge in [0.05, 0.1) is 18.5 Å². The molecule has 1 heterocycles. The van der Waals surface area contributed by atoms with Gasteiger partial charge in [0.25, 0.3) is 0 Å². The zero-order chi connectivity index (χ0) is 19.1. The molecule has 3 rings (SSSR count). The van der Waals surface area contributed by atoms with E-state index in [1.54, 1.807) is 0 Å². The van der Waals surface area contributed by atoms with Crippen LogP contribution >= 0.6 is 0 Å². The molecule has 0 bridgehead atoms. The molecule has 1 unspecified atom stereocenters. The van der Waals surface area contributed by atoms with Crippen LogP contribution in [0.1, 0.15) is 44.5 Å². The quantitative estimate of drug-likeness (QED) is 0.567. The molecule has 27 heavy (non-hydrogen) atoms. The molecule has 4 nitrogen and oxygen atoms in total. The summed E-state index contributed by atoms with van der Waals surface area (Å²) in [5.41, 5.74) is 3.60. The molecule has 0 aliphatic heterocycles. The van der Waals surface area contributed by atoms with E-state index in [4.69, 9.17) is 9.72 Å². The molecule has 4 heteroatoms. The molecule has 0 radical (unpaired) electrons. The van der Waals surface area contributed by atoms with Gasteiger partial charge in [0, 0.05) is 24.7 Å². The van der Waals surface area contributed by atoms with Crippen LogP contribution in [0.5, 0.6) is 5.75 Å². The summed E-state index contributed by atoms with van der Waals surface area (Å²) in [5, 5.41) is 3.63. The van der Waals surface area contributed by atoms with Crippen LogP contribution in [0, 0.1) is 0 Å². The normalized spacial score (nSPS) is 12.1. The molecule has 2 aromatic carbocycles. The lowest BCUT2D eigenvalue weighted by Crippen LogP contribution is -2.21. The van der Waals surface area contributed by atoms with Crippen molar-refractivity contribution in [3.8, 4) is 17.1 Å². The number of ether oxygens (including phenoxy) is 1. The standard InChI is InChI=1S/C23H29N3O/c1-4-14-26-22(17-25-23(26)20-11-7-6-8-12-20)18(3)24-16-19-10-9-13-21(15-19)27-5-2/h6-13,15,17-18,24H,4-5,14,16H2,1-3H3. The first kappa shape index (κ1) is 19.2. The predicted octanol–water partition coefficient (Wildman–Crippen LogP) is 5.21. The summed E-state index contributed by atoms with van der Waals surface area (Å²) in [4.78, 5) is 4.72. The minimum Gasteiger partial charge on any atom is -0.494 e. The second kappa shape index (κ2) is 9.38. The number of nitrogens with zero attached hydrogens (tertiary/aromatic N) is 2. The topological polar surface area (TPSA) is 39.1 Å². The molecule has 0 spiro atoms. The van der Waals surface area contributed by atoms with E-state index >= 15 is 0 Å². The summed E-state index contributed by atoms with van der Waals surface area (Å²) in [7, 11) is 0. The van der Waals surface area contributed by atoms with E-state index in [0.29, 0.717) is 6.61 Å². The van der Waals surface area contributed by atoms with E-state index in [9.17, 15) is 0 Å². The second-order valence-corrected chi connectivity index (χ2v) is 6.71. The van der Waals surface area contributed by atoms with Gasteiger partial charge in [-0.2, -0.15) is 0 Å². The number of nitrogens with one attached hydrogen (secondary N) is 1. The van der Waals surface area contributed by atoms with Crippen LogP contribution in [0.2, 0.25) is 0 Å². The number of benzene rings is 2. The molecular weight excluding hydrogens is 334 g/mol. The molecular formula is C23H29N3O. The fourth-order valence-corrected chi connectivity index (χ4v) is 3.30. The van der Waals surface area contributed by atoms with Crippen molar-refractivity contribution in [3.63, 3.8) is 0 Å². The lowest BCUT2D eigenvalue weighted by atomic mass is 10.1. The number of imidazole rings is 1. The van der Waals surface area contributed by atoms with E-state index in [-0.39, 0.29) is 6.04 Å². The Morgan fingerprint density at radius 3 is 2.63 bits per heavy atom. The molecule has 3 aromatic rings. The van der Waals surface area contributed by atoms with E-state index < -0.39 is 0 Å². The van der Waals surface area contributed by atoms with Crippen LogP contribution in [0.4, 0.5) is 0 Å². The fraction of sp³-hybridized carbons (Fsp3) is 0.348. The van der Waals surface area contributed by atoms with Crippen molar-refractivity contribution in [3.05, 3.63) is 72.1 Å². The van der Waals surface area contributed by atoms with E-state index in [1.165, 1.54) is 11.3 Å². The molecule has 142 valence electrons. The van der Waals surface area contributed by atoms with Gasteiger partial charge in [0.2, 0.25) is 0 Å². The highest BCUT2D eigenvalue weighted by Gasteiger charge is 2.16. The Bertz CT molecular complexity index is 842. The van der Waals surface area contributed by atoms with Gasteiger partial charge in [0.1, 0.15) is 11.6 Å². The Balaban J connectivity index is 1.75. The van der Waals surface area contributed by atoms with Crippen LogP contribution in [0.25, 0.3) is 11.4 Å². The molecule has 1 N–H and O–H groups in total. The first-order chi connectivity index (χ1) is 13.2. The Labute approximate surface area is 162 Å². The van der Waals surface area contributed by atoms with Crippen molar-refractivity contribution in [2.75, 3.05) is 6.61 Å². The summed E-state index contributed by atoms with van der Waals surface area (Å²) in [6.45, 7) is 8.85. The minimum absolute atomic E-state index is 0.206. The maximum Gasteiger partial charge on any atom is 0.140 e. The summed E-state index contributed by atoms with van der Waals surface area (Å²) in [6.07, 6.45) is 3.08. The van der Waals surface area contributed by atoms with Gasteiger partial charge in [-0.25, -0.2) is 4.98 Å². The molecule has 0 aliphatic carbocycles. The molecule has 0 amide bonds. The van der Waals surface area contributed by atoms with Gasteiger partial charge in [0.15, 0.2) is 0 Å². The largest absolute Gasteiger partial charge is 0.494 e. The molecule has 0 saturated carbocycles. The predicted molar refractivity (Wildman–Crippen MR) is 111 cm³/mol. The Morgan fingerprint density at radius 1 is 1.07 bits per heavy atom. The van der Waals surface area contributed by atoms with Crippen LogP contribution in [0.15, 0.2) is 60.8 Å². The zero-order valence-electron chi connectivity index (χ0n) is 16.5. The monoisotopic (exact) mass is 363 g/mol. The number of hydrogen-bond acceptors (Lipinski definition) is 3. The number of aromatic nitrogens is 2. The smallest absolute Gasteiger partial charge is 0.140 e. The maximum absolute atomic E-state index is 5.60. The van der Waals surface area contributed by atoms with Crippen molar-refractivity contribution >= 4 is 0 Å². The zero-order valence-corrected chi connectivity index (χ0v) is 16.5. The van der Waals surface area contributed by atoms with Gasteiger partial charge >= 0.3 is 0 Å². The summed E-state index contributed by atoms with van der Waals surface area (Å²) in [6, 6.07) is 18.9. The van der Waals surface area contributed by atoms with Crippen molar-refractivity contribution in [1.82, 2.24) is 14.9 Å². The third kappa shape index (κ3) is 4.77.